The molecule has 3 rings (SSSR count). The van der Waals surface area contributed by atoms with Crippen molar-refractivity contribution < 1.29 is 9.53 Å². The smallest absolute Gasteiger partial charge is 0.267 e. The minimum absolute atomic E-state index is 0.0816. The molecule has 0 bridgehead atoms. The maximum absolute atomic E-state index is 13.3. The molecule has 166 valence electrons. The van der Waals surface area contributed by atoms with E-state index in [1.54, 1.807) is 23.9 Å². The lowest BCUT2D eigenvalue weighted by atomic mass is 10.1. The van der Waals surface area contributed by atoms with E-state index in [0.717, 1.165) is 31.2 Å². The molecule has 2 N–H and O–H groups in total. The molecule has 31 heavy (non-hydrogen) atoms. The van der Waals surface area contributed by atoms with E-state index in [1.807, 2.05) is 13.0 Å². The number of carbonyl (C=O) groups is 1. The minimum Gasteiger partial charge on any atom is -0.385 e. The summed E-state index contributed by atoms with van der Waals surface area (Å²) < 4.78 is 8.23. The van der Waals surface area contributed by atoms with Crippen molar-refractivity contribution in [1.82, 2.24) is 19.3 Å². The summed E-state index contributed by atoms with van der Waals surface area (Å²) in [5.41, 5.74) is 1.94. The number of nitrogens with zero attached hydrogens (tertiary/aromatic N) is 3. The van der Waals surface area contributed by atoms with Gasteiger partial charge in [-0.3, -0.25) is 19.4 Å². The van der Waals surface area contributed by atoms with Crippen molar-refractivity contribution in [3.63, 3.8) is 0 Å². The van der Waals surface area contributed by atoms with Crippen LogP contribution in [0.4, 0.5) is 0 Å². The summed E-state index contributed by atoms with van der Waals surface area (Å²) in [5.74, 6) is -0.362. The summed E-state index contributed by atoms with van der Waals surface area (Å²) in [6, 6.07) is 5.22. The highest BCUT2D eigenvalue weighted by Crippen LogP contribution is 2.14. The number of pyridine rings is 2. The molecule has 0 saturated carbocycles. The molecule has 3 aromatic heterocycles. The molecule has 0 aliphatic carbocycles. The summed E-state index contributed by atoms with van der Waals surface area (Å²) in [6.07, 6.45) is 6.43. The first-order valence-corrected chi connectivity index (χ1v) is 10.9. The lowest BCUT2D eigenvalue weighted by Crippen LogP contribution is -2.35. The Morgan fingerprint density at radius 1 is 1.23 bits per heavy atom. The van der Waals surface area contributed by atoms with Crippen LogP contribution in [0.5, 0.6) is 0 Å². The van der Waals surface area contributed by atoms with Crippen molar-refractivity contribution in [2.24, 2.45) is 0 Å². The SMILES string of the molecule is CCCCCCn1c(=N)c(C(=O)NCCCOC)cc2c(=O)n3cccc(C)c3nc21. The van der Waals surface area contributed by atoms with Gasteiger partial charge in [-0.05, 0) is 37.5 Å². The number of carbonyl (C=O) groups excluding carboxylic acids is 1. The molecule has 0 spiro atoms. The third-order valence-electron chi connectivity index (χ3n) is 5.42. The van der Waals surface area contributed by atoms with E-state index < -0.39 is 0 Å². The fraction of sp³-hybridized carbons (Fsp3) is 0.478. The molecule has 0 aromatic carbocycles. The van der Waals surface area contributed by atoms with E-state index in [0.29, 0.717) is 42.8 Å². The van der Waals surface area contributed by atoms with Crippen LogP contribution in [0.2, 0.25) is 0 Å². The van der Waals surface area contributed by atoms with E-state index in [1.165, 1.54) is 10.5 Å². The predicted octanol–water partition coefficient (Wildman–Crippen LogP) is 2.78. The van der Waals surface area contributed by atoms with Gasteiger partial charge in [0.1, 0.15) is 16.8 Å². The standard InChI is InChI=1S/C23H31N5O3/c1-4-5-6-7-12-27-19(24)17(22(29)25-11-9-14-31-3)15-18-21(27)26-20-16(2)10-8-13-28(20)23(18)30/h8,10,13,15,24H,4-7,9,11-12,14H2,1-3H3,(H,25,29). The number of hydrogen-bond acceptors (Lipinski definition) is 5. The Morgan fingerprint density at radius 2 is 2.03 bits per heavy atom. The molecule has 0 aliphatic rings. The number of fused-ring (bicyclic) bond motifs is 2. The first-order valence-electron chi connectivity index (χ1n) is 10.9. The quantitative estimate of drug-likeness (QED) is 0.385. The number of aryl methyl sites for hydroxylation is 2. The molecular weight excluding hydrogens is 394 g/mol. The van der Waals surface area contributed by atoms with Gasteiger partial charge in [0.05, 0.1) is 10.9 Å². The Labute approximate surface area is 181 Å². The minimum atomic E-state index is -0.362. The Hall–Kier alpha value is -3.00. The van der Waals surface area contributed by atoms with Gasteiger partial charge >= 0.3 is 0 Å². The van der Waals surface area contributed by atoms with Crippen LogP contribution in [-0.2, 0) is 11.3 Å². The number of rotatable bonds is 10. The van der Waals surface area contributed by atoms with Crippen molar-refractivity contribution in [3.8, 4) is 0 Å². The van der Waals surface area contributed by atoms with Crippen LogP contribution in [0.1, 0.15) is 54.9 Å². The average Bonchev–Trinajstić information content (AvgIpc) is 2.76. The first kappa shape index (κ1) is 22.7. The van der Waals surface area contributed by atoms with Crippen LogP contribution >= 0.6 is 0 Å². The fourth-order valence-electron chi connectivity index (χ4n) is 3.70. The van der Waals surface area contributed by atoms with Gasteiger partial charge in [0.15, 0.2) is 0 Å². The van der Waals surface area contributed by atoms with Crippen LogP contribution in [0.25, 0.3) is 16.7 Å². The maximum atomic E-state index is 13.3. The maximum Gasteiger partial charge on any atom is 0.267 e. The van der Waals surface area contributed by atoms with Crippen molar-refractivity contribution >= 4 is 22.6 Å². The third-order valence-corrected chi connectivity index (χ3v) is 5.42. The number of ether oxygens (including phenoxy) is 1. The molecule has 0 saturated heterocycles. The largest absolute Gasteiger partial charge is 0.385 e. The zero-order chi connectivity index (χ0) is 22.4. The lowest BCUT2D eigenvalue weighted by molar-refractivity contribution is 0.0946. The predicted molar refractivity (Wildman–Crippen MR) is 121 cm³/mol. The van der Waals surface area contributed by atoms with E-state index in [2.05, 4.69) is 12.2 Å². The second kappa shape index (κ2) is 10.3. The number of nitrogens with one attached hydrogen (secondary N) is 2. The zero-order valence-corrected chi connectivity index (χ0v) is 18.5. The lowest BCUT2D eigenvalue weighted by Gasteiger charge is -2.15. The average molecular weight is 426 g/mol. The van der Waals surface area contributed by atoms with Crippen LogP contribution in [-0.4, -0.2) is 40.1 Å². The Balaban J connectivity index is 2.14. The number of hydrogen-bond donors (Lipinski definition) is 2. The second-order valence-corrected chi connectivity index (χ2v) is 7.76. The van der Waals surface area contributed by atoms with Crippen LogP contribution in [0.15, 0.2) is 29.2 Å². The molecule has 0 atom stereocenters. The van der Waals surface area contributed by atoms with Gasteiger partial charge in [0.25, 0.3) is 11.5 Å². The van der Waals surface area contributed by atoms with Crippen LogP contribution in [0.3, 0.4) is 0 Å². The highest BCUT2D eigenvalue weighted by Gasteiger charge is 2.17. The highest BCUT2D eigenvalue weighted by atomic mass is 16.5. The summed E-state index contributed by atoms with van der Waals surface area (Å²) in [6.45, 7) is 5.57. The van der Waals surface area contributed by atoms with Gasteiger partial charge in [-0.25, -0.2) is 4.98 Å². The third kappa shape index (κ3) is 4.85. The van der Waals surface area contributed by atoms with E-state index >= 15 is 0 Å². The molecule has 3 aromatic rings. The molecule has 1 amide bonds. The normalized spacial score (nSPS) is 11.3. The van der Waals surface area contributed by atoms with E-state index in [4.69, 9.17) is 15.1 Å². The number of aromatic nitrogens is 3. The fourth-order valence-corrected chi connectivity index (χ4v) is 3.70. The van der Waals surface area contributed by atoms with Crippen molar-refractivity contribution in [1.29, 1.82) is 5.41 Å². The van der Waals surface area contributed by atoms with E-state index in [9.17, 15) is 9.59 Å². The van der Waals surface area contributed by atoms with Gasteiger partial charge in [-0.2, -0.15) is 0 Å². The Morgan fingerprint density at radius 3 is 2.77 bits per heavy atom. The Kier molecular flexibility index (Phi) is 7.57. The van der Waals surface area contributed by atoms with Crippen molar-refractivity contribution in [2.45, 2.75) is 52.5 Å². The molecule has 8 heteroatoms. The summed E-state index contributed by atoms with van der Waals surface area (Å²) in [7, 11) is 1.61. The summed E-state index contributed by atoms with van der Waals surface area (Å²) in [5, 5.41) is 11.9. The zero-order valence-electron chi connectivity index (χ0n) is 18.5. The van der Waals surface area contributed by atoms with Crippen molar-refractivity contribution in [3.05, 3.63) is 51.4 Å². The van der Waals surface area contributed by atoms with Gasteiger partial charge in [-0.15, -0.1) is 0 Å². The molecule has 3 heterocycles. The molecule has 0 aliphatic heterocycles. The van der Waals surface area contributed by atoms with E-state index in [-0.39, 0.29) is 22.5 Å². The first-order chi connectivity index (χ1) is 15.0. The van der Waals surface area contributed by atoms with Crippen LogP contribution in [0, 0.1) is 12.3 Å². The molecule has 0 unspecified atom stereocenters. The summed E-state index contributed by atoms with van der Waals surface area (Å²) >= 11 is 0. The molecule has 0 fully saturated rings. The second-order valence-electron chi connectivity index (χ2n) is 7.76. The number of amides is 1. The van der Waals surface area contributed by atoms with Gasteiger partial charge in [0.2, 0.25) is 0 Å². The number of methoxy groups -OCH3 is 1. The highest BCUT2D eigenvalue weighted by molar-refractivity contribution is 5.96. The molecule has 8 nitrogen and oxygen atoms in total. The van der Waals surface area contributed by atoms with Crippen molar-refractivity contribution in [2.75, 3.05) is 20.3 Å². The number of unbranched alkanes of at least 4 members (excludes halogenated alkanes) is 3. The topological polar surface area (TPSA) is 101 Å². The van der Waals surface area contributed by atoms with Gasteiger partial charge in [0, 0.05) is 33.0 Å². The van der Waals surface area contributed by atoms with Gasteiger partial charge < -0.3 is 14.6 Å². The monoisotopic (exact) mass is 425 g/mol. The van der Waals surface area contributed by atoms with Crippen LogP contribution < -0.4 is 16.4 Å². The molecular formula is C23H31N5O3. The van der Waals surface area contributed by atoms with Gasteiger partial charge in [-0.1, -0.05) is 32.3 Å². The molecule has 0 radical (unpaired) electrons. The Bertz CT molecular complexity index is 1200. The summed E-state index contributed by atoms with van der Waals surface area (Å²) in [4.78, 5) is 30.8.